The summed E-state index contributed by atoms with van der Waals surface area (Å²) in [6.07, 6.45) is 0.864. The van der Waals surface area contributed by atoms with E-state index < -0.39 is 6.09 Å². The van der Waals surface area contributed by atoms with Gasteiger partial charge in [-0.05, 0) is 48.2 Å². The van der Waals surface area contributed by atoms with Gasteiger partial charge in [0.15, 0.2) is 0 Å². The average molecular weight is 367 g/mol. The summed E-state index contributed by atoms with van der Waals surface area (Å²) >= 11 is 0. The van der Waals surface area contributed by atoms with E-state index in [9.17, 15) is 9.90 Å². The molecule has 140 valence electrons. The van der Waals surface area contributed by atoms with E-state index in [0.29, 0.717) is 0 Å². The number of fused-ring (bicyclic) bond motifs is 4. The third-order valence-corrected chi connectivity index (χ3v) is 4.52. The van der Waals surface area contributed by atoms with E-state index in [1.165, 1.54) is 7.05 Å². The zero-order valence-electron chi connectivity index (χ0n) is 15.3. The minimum atomic E-state index is -0.995. The Morgan fingerprint density at radius 1 is 1.19 bits per heavy atom. The van der Waals surface area contributed by atoms with Crippen LogP contribution in [0.15, 0.2) is 36.5 Å². The lowest BCUT2D eigenvalue weighted by Crippen LogP contribution is -2.13. The fraction of sp³-hybridized carbons (Fsp3) is 0.200. The highest BCUT2D eigenvalue weighted by atomic mass is 16.5. The molecule has 27 heavy (non-hydrogen) atoms. The summed E-state index contributed by atoms with van der Waals surface area (Å²) in [6, 6.07) is 10.1. The smallest absolute Gasteiger partial charge is 0.404 e. The van der Waals surface area contributed by atoms with E-state index in [-0.39, 0.29) is 6.61 Å². The minimum absolute atomic E-state index is 0.0162. The van der Waals surface area contributed by atoms with Crippen LogP contribution in [-0.2, 0) is 6.61 Å². The van der Waals surface area contributed by atoms with Crippen LogP contribution in [0.4, 0.5) is 4.79 Å². The highest BCUT2D eigenvalue weighted by Crippen LogP contribution is 2.35. The van der Waals surface area contributed by atoms with Crippen molar-refractivity contribution < 1.29 is 19.7 Å². The molecular weight excluding hydrogens is 346 g/mol. The first-order valence-corrected chi connectivity index (χ1v) is 8.38. The number of aliphatic hydroxyl groups is 1. The standard InChI is InChI=1S/C18H16N2O2.C2H5NO2/c1-10-12-5-6-19-17(9-21)14(12)8-15-13-7-11(22-2)3-4-16(13)20-18(10)15;1-3-2(4)5/h3-8,19,21H,9H2,1-2H3;3H,1H3,(H,4,5). The monoisotopic (exact) mass is 367 g/mol. The number of benzene rings is 2. The summed E-state index contributed by atoms with van der Waals surface area (Å²) in [6.45, 7) is 2.06. The molecule has 0 fully saturated rings. The summed E-state index contributed by atoms with van der Waals surface area (Å²) in [5.74, 6) is 0.821. The number of carboxylic acid groups (broad SMARTS) is 1. The molecule has 7 nitrogen and oxygen atoms in total. The van der Waals surface area contributed by atoms with Crippen LogP contribution in [0.3, 0.4) is 0 Å². The van der Waals surface area contributed by atoms with Crippen LogP contribution in [0, 0.1) is 6.92 Å². The molecule has 2 aromatic heterocycles. The summed E-state index contributed by atoms with van der Waals surface area (Å²) in [7, 11) is 3.02. The number of ether oxygens (including phenoxy) is 1. The second kappa shape index (κ2) is 7.51. The molecule has 4 rings (SSSR count). The molecule has 0 unspecified atom stereocenters. The minimum Gasteiger partial charge on any atom is -0.497 e. The van der Waals surface area contributed by atoms with Crippen molar-refractivity contribution in [1.29, 1.82) is 0 Å². The number of H-pyrrole nitrogens is 1. The second-order valence-electron chi connectivity index (χ2n) is 6.02. The van der Waals surface area contributed by atoms with Gasteiger partial charge in [0.2, 0.25) is 0 Å². The molecule has 2 heterocycles. The van der Waals surface area contributed by atoms with Gasteiger partial charge in [-0.1, -0.05) is 0 Å². The Balaban J connectivity index is 0.000000376. The van der Waals surface area contributed by atoms with E-state index in [2.05, 4.69) is 18.0 Å². The van der Waals surface area contributed by atoms with Gasteiger partial charge in [0, 0.05) is 35.1 Å². The van der Waals surface area contributed by atoms with Crippen LogP contribution in [-0.4, -0.2) is 40.4 Å². The van der Waals surface area contributed by atoms with Crippen LogP contribution in [0.2, 0.25) is 0 Å². The number of carbonyl (C=O) groups is 1. The first-order chi connectivity index (χ1) is 13.0. The van der Waals surface area contributed by atoms with Gasteiger partial charge >= 0.3 is 6.09 Å². The molecule has 2 aromatic carbocycles. The number of pyridine rings is 1. The molecule has 4 aromatic rings. The largest absolute Gasteiger partial charge is 0.497 e. The Morgan fingerprint density at radius 3 is 2.56 bits per heavy atom. The number of aliphatic hydroxyl groups excluding tert-OH is 1. The zero-order chi connectivity index (χ0) is 19.6. The van der Waals surface area contributed by atoms with Crippen molar-refractivity contribution in [2.75, 3.05) is 14.2 Å². The van der Waals surface area contributed by atoms with Crippen LogP contribution in [0.5, 0.6) is 5.75 Å². The normalized spacial score (nSPS) is 10.7. The third kappa shape index (κ3) is 3.37. The number of aryl methyl sites for hydroxylation is 1. The lowest BCUT2D eigenvalue weighted by molar-refractivity contribution is 0.197. The number of hydrogen-bond acceptors (Lipinski definition) is 4. The number of nitrogens with one attached hydrogen (secondary N) is 2. The Bertz CT molecular complexity index is 1130. The molecule has 0 saturated carbocycles. The molecule has 0 aliphatic carbocycles. The average Bonchev–Trinajstić information content (AvgIpc) is 3.06. The van der Waals surface area contributed by atoms with Gasteiger partial charge in [-0.15, -0.1) is 0 Å². The number of aromatic nitrogens is 2. The zero-order valence-corrected chi connectivity index (χ0v) is 15.3. The quantitative estimate of drug-likeness (QED) is 0.433. The van der Waals surface area contributed by atoms with Crippen molar-refractivity contribution in [2.24, 2.45) is 0 Å². The number of methoxy groups -OCH3 is 1. The van der Waals surface area contributed by atoms with Crippen molar-refractivity contribution >= 4 is 38.7 Å². The molecular formula is C20H21N3O4. The Kier molecular flexibility index (Phi) is 5.14. The number of rotatable bonds is 2. The van der Waals surface area contributed by atoms with Crippen LogP contribution in [0.25, 0.3) is 32.6 Å². The highest BCUT2D eigenvalue weighted by molar-refractivity contribution is 6.14. The third-order valence-electron chi connectivity index (χ3n) is 4.52. The Morgan fingerprint density at radius 2 is 1.93 bits per heavy atom. The molecule has 4 N–H and O–H groups in total. The molecule has 0 atom stereocenters. The maximum absolute atomic E-state index is 9.58. The second-order valence-corrected chi connectivity index (χ2v) is 6.02. The number of hydrogen-bond donors (Lipinski definition) is 4. The Hall–Kier alpha value is -3.32. The van der Waals surface area contributed by atoms with Crippen LogP contribution >= 0.6 is 0 Å². The van der Waals surface area contributed by atoms with Crippen molar-refractivity contribution in [3.8, 4) is 5.75 Å². The first kappa shape index (κ1) is 18.5. The van der Waals surface area contributed by atoms with E-state index >= 15 is 0 Å². The molecule has 7 heteroatoms. The van der Waals surface area contributed by atoms with Gasteiger partial charge in [-0.3, -0.25) is 0 Å². The van der Waals surface area contributed by atoms with Crippen molar-refractivity contribution in [2.45, 2.75) is 13.5 Å². The number of aromatic amines is 1. The highest BCUT2D eigenvalue weighted by Gasteiger charge is 2.13. The predicted octanol–water partition coefficient (Wildman–Crippen LogP) is 3.56. The van der Waals surface area contributed by atoms with Crippen LogP contribution in [0.1, 0.15) is 11.3 Å². The van der Waals surface area contributed by atoms with Gasteiger partial charge in [-0.25, -0.2) is 9.78 Å². The summed E-state index contributed by atoms with van der Waals surface area (Å²) in [4.78, 5) is 17.1. The predicted molar refractivity (Wildman–Crippen MR) is 105 cm³/mol. The lowest BCUT2D eigenvalue weighted by atomic mass is 10.0. The summed E-state index contributed by atoms with van der Waals surface area (Å²) in [5.41, 5.74) is 3.92. The maximum Gasteiger partial charge on any atom is 0.404 e. The van der Waals surface area contributed by atoms with E-state index in [1.807, 2.05) is 35.8 Å². The summed E-state index contributed by atoms with van der Waals surface area (Å²) < 4.78 is 5.33. The fourth-order valence-corrected chi connectivity index (χ4v) is 3.15. The molecule has 0 aliphatic heterocycles. The molecule has 0 bridgehead atoms. The van der Waals surface area contributed by atoms with Gasteiger partial charge in [-0.2, -0.15) is 0 Å². The summed E-state index contributed by atoms with van der Waals surface area (Å²) in [5, 5.41) is 23.5. The first-order valence-electron chi connectivity index (χ1n) is 8.38. The van der Waals surface area contributed by atoms with Crippen LogP contribution < -0.4 is 10.1 Å². The van der Waals surface area contributed by atoms with E-state index in [4.69, 9.17) is 14.8 Å². The van der Waals surface area contributed by atoms with E-state index in [1.54, 1.807) is 7.11 Å². The van der Waals surface area contributed by atoms with Gasteiger partial charge in [0.1, 0.15) is 5.75 Å². The molecule has 0 radical (unpaired) electrons. The molecule has 0 spiro atoms. The SMILES string of the molecule is CNC(=O)O.COc1ccc2nc3c(C)c4cc[nH]c(CO)c4cc3c2c1. The molecule has 0 aliphatic rings. The topological polar surface area (TPSA) is 107 Å². The lowest BCUT2D eigenvalue weighted by Gasteiger charge is -2.08. The van der Waals surface area contributed by atoms with Gasteiger partial charge in [0.05, 0.1) is 24.8 Å². The maximum atomic E-state index is 9.58. The number of nitrogens with zero attached hydrogens (tertiary/aromatic N) is 1. The molecule has 0 saturated heterocycles. The molecule has 1 amide bonds. The fourth-order valence-electron chi connectivity index (χ4n) is 3.15. The van der Waals surface area contributed by atoms with Gasteiger partial charge in [0.25, 0.3) is 0 Å². The Labute approximate surface area is 155 Å². The van der Waals surface area contributed by atoms with E-state index in [0.717, 1.165) is 49.6 Å². The van der Waals surface area contributed by atoms with Crippen molar-refractivity contribution in [3.63, 3.8) is 0 Å². The van der Waals surface area contributed by atoms with Gasteiger partial charge < -0.3 is 25.3 Å². The van der Waals surface area contributed by atoms with Crippen molar-refractivity contribution in [1.82, 2.24) is 15.3 Å². The number of amides is 1. The van der Waals surface area contributed by atoms with Crippen molar-refractivity contribution in [3.05, 3.63) is 47.8 Å².